The molecule has 17 heavy (non-hydrogen) atoms. The van der Waals surface area contributed by atoms with Gasteiger partial charge in [0.2, 0.25) is 10.0 Å². The lowest BCUT2D eigenvalue weighted by Crippen LogP contribution is -2.45. The number of hydrogen-bond acceptors (Lipinski definition) is 3. The monoisotopic (exact) mass is 255 g/mol. The van der Waals surface area contributed by atoms with E-state index in [-0.39, 0.29) is 10.6 Å². The van der Waals surface area contributed by atoms with Gasteiger partial charge in [0.1, 0.15) is 10.6 Å². The zero-order valence-corrected chi connectivity index (χ0v) is 10.8. The van der Waals surface area contributed by atoms with Crippen molar-refractivity contribution in [2.24, 2.45) is 5.92 Å². The molecule has 1 aromatic rings. The Bertz CT molecular complexity index is 518. The van der Waals surface area contributed by atoms with Gasteiger partial charge in [-0.05, 0) is 44.7 Å². The number of phenols is 1. The summed E-state index contributed by atoms with van der Waals surface area (Å²) in [6.07, 6.45) is 2.10. The highest BCUT2D eigenvalue weighted by Crippen LogP contribution is 2.40. The third-order valence-electron chi connectivity index (χ3n) is 3.15. The van der Waals surface area contributed by atoms with Crippen molar-refractivity contribution >= 4 is 10.0 Å². The third kappa shape index (κ3) is 2.61. The topological polar surface area (TPSA) is 66.4 Å². The standard InChI is InChI=1S/C12H17NO3S/c1-12(2,9-7-8-9)13-17(15,16)11-6-4-3-5-10(11)14/h3-6,9,13-14H,7-8H2,1-2H3. The molecule has 0 aliphatic heterocycles. The van der Waals surface area contributed by atoms with Crippen LogP contribution in [-0.4, -0.2) is 19.1 Å². The average Bonchev–Trinajstić information content (AvgIpc) is 2.99. The fourth-order valence-electron chi connectivity index (χ4n) is 1.97. The Balaban J connectivity index is 2.28. The molecule has 0 aromatic heterocycles. The Kier molecular flexibility index (Phi) is 2.91. The van der Waals surface area contributed by atoms with Crippen LogP contribution in [0.5, 0.6) is 5.75 Å². The molecule has 0 radical (unpaired) electrons. The summed E-state index contributed by atoms with van der Waals surface area (Å²) in [5, 5.41) is 9.58. The molecule has 0 spiro atoms. The molecule has 2 rings (SSSR count). The van der Waals surface area contributed by atoms with Crippen molar-refractivity contribution in [3.8, 4) is 5.75 Å². The second-order valence-electron chi connectivity index (χ2n) is 5.07. The van der Waals surface area contributed by atoms with Crippen LogP contribution in [0.25, 0.3) is 0 Å². The Hall–Kier alpha value is -1.07. The summed E-state index contributed by atoms with van der Waals surface area (Å²) in [5.74, 6) is 0.176. The van der Waals surface area contributed by atoms with Crippen molar-refractivity contribution in [3.63, 3.8) is 0 Å². The van der Waals surface area contributed by atoms with E-state index in [4.69, 9.17) is 0 Å². The molecule has 1 fully saturated rings. The summed E-state index contributed by atoms with van der Waals surface area (Å²) in [6.45, 7) is 3.75. The molecule has 0 atom stereocenters. The zero-order valence-electron chi connectivity index (χ0n) is 9.97. The fourth-order valence-corrected chi connectivity index (χ4v) is 3.54. The third-order valence-corrected chi connectivity index (χ3v) is 4.87. The highest BCUT2D eigenvalue weighted by atomic mass is 32.2. The fraction of sp³-hybridized carbons (Fsp3) is 0.500. The smallest absolute Gasteiger partial charge is 0.244 e. The normalized spacial score (nSPS) is 17.1. The summed E-state index contributed by atoms with van der Waals surface area (Å²) >= 11 is 0. The first-order valence-electron chi connectivity index (χ1n) is 5.65. The van der Waals surface area contributed by atoms with Crippen LogP contribution in [0.2, 0.25) is 0 Å². The Morgan fingerprint density at radius 1 is 1.29 bits per heavy atom. The number of nitrogens with one attached hydrogen (secondary N) is 1. The van der Waals surface area contributed by atoms with Crippen LogP contribution < -0.4 is 4.72 Å². The van der Waals surface area contributed by atoms with Gasteiger partial charge >= 0.3 is 0 Å². The number of aromatic hydroxyl groups is 1. The van der Waals surface area contributed by atoms with Gasteiger partial charge in [-0.3, -0.25) is 0 Å². The highest BCUT2D eigenvalue weighted by molar-refractivity contribution is 7.89. The summed E-state index contributed by atoms with van der Waals surface area (Å²) < 4.78 is 26.9. The van der Waals surface area contributed by atoms with Crippen LogP contribution in [-0.2, 0) is 10.0 Å². The zero-order chi connectivity index (χ0) is 12.7. The van der Waals surface area contributed by atoms with E-state index in [9.17, 15) is 13.5 Å². The second-order valence-corrected chi connectivity index (χ2v) is 6.72. The van der Waals surface area contributed by atoms with E-state index < -0.39 is 15.6 Å². The van der Waals surface area contributed by atoms with E-state index in [0.29, 0.717) is 5.92 Å². The molecule has 0 saturated heterocycles. The minimum absolute atomic E-state index is 0.0614. The number of hydrogen-bond donors (Lipinski definition) is 2. The van der Waals surface area contributed by atoms with Crippen molar-refractivity contribution in [1.82, 2.24) is 4.72 Å². The van der Waals surface area contributed by atoms with E-state index in [2.05, 4.69) is 4.72 Å². The molecule has 0 bridgehead atoms. The molecular formula is C12H17NO3S. The molecule has 2 N–H and O–H groups in total. The highest BCUT2D eigenvalue weighted by Gasteiger charge is 2.40. The first kappa shape index (κ1) is 12.4. The molecular weight excluding hydrogens is 238 g/mol. The quantitative estimate of drug-likeness (QED) is 0.863. The van der Waals surface area contributed by atoms with Crippen LogP contribution in [0.15, 0.2) is 29.2 Å². The predicted molar refractivity (Wildman–Crippen MR) is 65.2 cm³/mol. The Labute approximate surface area is 102 Å². The van der Waals surface area contributed by atoms with Crippen LogP contribution >= 0.6 is 0 Å². The summed E-state index contributed by atoms with van der Waals surface area (Å²) in [4.78, 5) is -0.0614. The lowest BCUT2D eigenvalue weighted by atomic mass is 10.0. The van der Waals surface area contributed by atoms with Crippen molar-refractivity contribution in [2.75, 3.05) is 0 Å². The molecule has 1 aliphatic rings. The van der Waals surface area contributed by atoms with Gasteiger partial charge in [-0.1, -0.05) is 12.1 Å². The number of benzene rings is 1. The summed E-state index contributed by atoms with van der Waals surface area (Å²) in [7, 11) is -3.65. The second kappa shape index (κ2) is 3.99. The predicted octanol–water partition coefficient (Wildman–Crippen LogP) is 1.86. The van der Waals surface area contributed by atoms with Crippen molar-refractivity contribution in [3.05, 3.63) is 24.3 Å². The molecule has 1 aromatic carbocycles. The van der Waals surface area contributed by atoms with E-state index in [1.165, 1.54) is 12.1 Å². The van der Waals surface area contributed by atoms with Crippen molar-refractivity contribution in [2.45, 2.75) is 37.1 Å². The minimum atomic E-state index is -3.65. The Morgan fingerprint density at radius 2 is 1.88 bits per heavy atom. The maximum Gasteiger partial charge on any atom is 0.244 e. The van der Waals surface area contributed by atoms with E-state index in [0.717, 1.165) is 12.8 Å². The van der Waals surface area contributed by atoms with Crippen LogP contribution in [0.1, 0.15) is 26.7 Å². The molecule has 1 aliphatic carbocycles. The molecule has 0 unspecified atom stereocenters. The van der Waals surface area contributed by atoms with E-state index in [1.54, 1.807) is 12.1 Å². The average molecular weight is 255 g/mol. The SMILES string of the molecule is CC(C)(NS(=O)(=O)c1ccccc1O)C1CC1. The molecule has 0 heterocycles. The summed E-state index contributed by atoms with van der Waals surface area (Å²) in [6, 6.07) is 5.97. The van der Waals surface area contributed by atoms with Crippen molar-refractivity contribution in [1.29, 1.82) is 0 Å². The van der Waals surface area contributed by atoms with Crippen LogP contribution in [0.4, 0.5) is 0 Å². The molecule has 5 heteroatoms. The van der Waals surface area contributed by atoms with Crippen LogP contribution in [0.3, 0.4) is 0 Å². The number of phenolic OH excluding ortho intramolecular Hbond substituents is 1. The maximum absolute atomic E-state index is 12.1. The van der Waals surface area contributed by atoms with Crippen molar-refractivity contribution < 1.29 is 13.5 Å². The largest absolute Gasteiger partial charge is 0.507 e. The van der Waals surface area contributed by atoms with E-state index >= 15 is 0 Å². The first-order chi connectivity index (χ1) is 7.83. The number of sulfonamides is 1. The molecule has 94 valence electrons. The van der Waals surface area contributed by atoms with E-state index in [1.807, 2.05) is 13.8 Å². The lowest BCUT2D eigenvalue weighted by molar-refractivity contribution is 0.398. The summed E-state index contributed by atoms with van der Waals surface area (Å²) in [5.41, 5.74) is -0.457. The van der Waals surface area contributed by atoms with Gasteiger partial charge in [-0.25, -0.2) is 13.1 Å². The first-order valence-corrected chi connectivity index (χ1v) is 7.13. The Morgan fingerprint density at radius 3 is 2.41 bits per heavy atom. The lowest BCUT2D eigenvalue weighted by Gasteiger charge is -2.25. The van der Waals surface area contributed by atoms with Gasteiger partial charge < -0.3 is 5.11 Å². The number of para-hydroxylation sites is 1. The molecule has 4 nitrogen and oxygen atoms in total. The number of rotatable bonds is 4. The van der Waals surface area contributed by atoms with Gasteiger partial charge in [0.15, 0.2) is 0 Å². The van der Waals surface area contributed by atoms with Gasteiger partial charge in [-0.15, -0.1) is 0 Å². The van der Waals surface area contributed by atoms with Gasteiger partial charge in [-0.2, -0.15) is 0 Å². The van der Waals surface area contributed by atoms with Gasteiger partial charge in [0.25, 0.3) is 0 Å². The maximum atomic E-state index is 12.1. The van der Waals surface area contributed by atoms with Crippen LogP contribution in [0, 0.1) is 5.92 Å². The van der Waals surface area contributed by atoms with Gasteiger partial charge in [0, 0.05) is 5.54 Å². The molecule has 1 saturated carbocycles. The molecule has 0 amide bonds. The minimum Gasteiger partial charge on any atom is -0.507 e. The van der Waals surface area contributed by atoms with Gasteiger partial charge in [0.05, 0.1) is 0 Å².